The molecule has 9 nitrogen and oxygen atoms in total. The Labute approximate surface area is 220 Å². The Morgan fingerprint density at radius 2 is 1.87 bits per heavy atom. The van der Waals surface area contributed by atoms with Gasteiger partial charge in [-0.1, -0.05) is 0 Å². The molecule has 206 valence electrons. The van der Waals surface area contributed by atoms with E-state index in [0.29, 0.717) is 37.7 Å². The number of carbonyl (C=O) groups is 2. The molecule has 2 heterocycles. The lowest BCUT2D eigenvalue weighted by Crippen LogP contribution is -2.42. The maximum atomic E-state index is 13.1. The van der Waals surface area contributed by atoms with Gasteiger partial charge in [-0.25, -0.2) is 4.98 Å². The van der Waals surface area contributed by atoms with Crippen LogP contribution in [0.2, 0.25) is 0 Å². The zero-order chi connectivity index (χ0) is 26.8. The topological polar surface area (TPSA) is 120 Å². The highest BCUT2D eigenvalue weighted by atomic mass is 19.3. The van der Waals surface area contributed by atoms with Gasteiger partial charge < -0.3 is 29.8 Å². The smallest absolute Gasteiger partial charge is 0.387 e. The van der Waals surface area contributed by atoms with Crippen molar-refractivity contribution in [2.24, 2.45) is 23.5 Å². The summed E-state index contributed by atoms with van der Waals surface area (Å²) < 4.78 is 42.0. The summed E-state index contributed by atoms with van der Waals surface area (Å²) in [7, 11) is 0. The number of alkyl halides is 2. The summed E-state index contributed by atoms with van der Waals surface area (Å²) >= 11 is 0. The molecule has 11 heteroatoms. The summed E-state index contributed by atoms with van der Waals surface area (Å²) in [6, 6.07) is 3.83. The second kappa shape index (κ2) is 11.3. The summed E-state index contributed by atoms with van der Waals surface area (Å²) in [5.74, 6) is 1.21. The first-order valence-corrected chi connectivity index (χ1v) is 13.3. The van der Waals surface area contributed by atoms with E-state index >= 15 is 0 Å². The molecule has 3 N–H and O–H groups in total. The SMILES string of the molecule is C[C@H](N)c1oc(-c2ccc(OC(F)F)c(OCC3CC3)c2)nc1C(=O)NCC1CCN(C(=O)C2CC2)CC1. The van der Waals surface area contributed by atoms with Gasteiger partial charge in [0.25, 0.3) is 5.91 Å². The van der Waals surface area contributed by atoms with Gasteiger partial charge in [0.1, 0.15) is 0 Å². The fraction of sp³-hybridized carbons (Fsp3) is 0.593. The standard InChI is InChI=1S/C27H34F2N4O5/c1-15(30)23-22(24(34)31-13-16-8-10-33(11-9-16)26(35)18-4-5-18)32-25(38-23)19-6-7-20(37-27(28)29)21(12-19)36-14-17-2-3-17/h6-7,12,15-18,27H,2-5,8-11,13-14,30H2,1H3,(H,31,34)/t15-/m0/s1. The van der Waals surface area contributed by atoms with E-state index < -0.39 is 18.6 Å². The third kappa shape index (κ3) is 6.43. The van der Waals surface area contributed by atoms with Crippen LogP contribution in [0.15, 0.2) is 22.6 Å². The summed E-state index contributed by atoms with van der Waals surface area (Å²) in [6.07, 6.45) is 5.74. The van der Waals surface area contributed by atoms with Crippen LogP contribution in [0.5, 0.6) is 11.5 Å². The van der Waals surface area contributed by atoms with Crippen molar-refractivity contribution in [2.75, 3.05) is 26.2 Å². The third-order valence-corrected chi connectivity index (χ3v) is 7.26. The largest absolute Gasteiger partial charge is 0.489 e. The number of aromatic nitrogens is 1. The normalized spacial score (nSPS) is 18.9. The average molecular weight is 533 g/mol. The summed E-state index contributed by atoms with van der Waals surface area (Å²) in [5.41, 5.74) is 6.61. The van der Waals surface area contributed by atoms with E-state index in [4.69, 9.17) is 14.9 Å². The number of halogens is 2. The molecule has 2 aromatic rings. The number of benzene rings is 1. The summed E-state index contributed by atoms with van der Waals surface area (Å²) in [6.45, 7) is 0.996. The minimum Gasteiger partial charge on any atom is -0.489 e. The van der Waals surface area contributed by atoms with Gasteiger partial charge >= 0.3 is 6.61 Å². The number of nitrogens with zero attached hydrogens (tertiary/aromatic N) is 2. The van der Waals surface area contributed by atoms with Crippen LogP contribution in [0.25, 0.3) is 11.5 Å². The van der Waals surface area contributed by atoms with E-state index in [0.717, 1.165) is 38.5 Å². The predicted octanol–water partition coefficient (Wildman–Crippen LogP) is 4.13. The van der Waals surface area contributed by atoms with E-state index in [1.54, 1.807) is 6.92 Å². The molecule has 5 rings (SSSR count). The minimum absolute atomic E-state index is 0.0776. The fourth-order valence-electron chi connectivity index (χ4n) is 4.63. The summed E-state index contributed by atoms with van der Waals surface area (Å²) in [4.78, 5) is 31.7. The van der Waals surface area contributed by atoms with Crippen LogP contribution in [-0.4, -0.2) is 54.6 Å². The Kier molecular flexibility index (Phi) is 7.83. The molecular formula is C27H34F2N4O5. The molecule has 2 saturated carbocycles. The van der Waals surface area contributed by atoms with Crippen molar-refractivity contribution in [3.63, 3.8) is 0 Å². The van der Waals surface area contributed by atoms with Crippen LogP contribution >= 0.6 is 0 Å². The lowest BCUT2D eigenvalue weighted by Gasteiger charge is -2.32. The number of oxazole rings is 1. The van der Waals surface area contributed by atoms with Crippen LogP contribution in [-0.2, 0) is 4.79 Å². The Bertz CT molecular complexity index is 1150. The van der Waals surface area contributed by atoms with Crippen molar-refractivity contribution in [2.45, 2.75) is 58.1 Å². The molecule has 1 aliphatic heterocycles. The number of ether oxygens (including phenoxy) is 2. The number of piperidine rings is 1. The Morgan fingerprint density at radius 3 is 2.50 bits per heavy atom. The van der Waals surface area contributed by atoms with E-state index in [1.165, 1.54) is 18.2 Å². The third-order valence-electron chi connectivity index (χ3n) is 7.26. The highest BCUT2D eigenvalue weighted by Gasteiger charge is 2.35. The predicted molar refractivity (Wildman–Crippen MR) is 134 cm³/mol. The second-order valence-corrected chi connectivity index (χ2v) is 10.6. The van der Waals surface area contributed by atoms with E-state index in [2.05, 4.69) is 15.0 Å². The quantitative estimate of drug-likeness (QED) is 0.447. The number of hydrogen-bond acceptors (Lipinski definition) is 7. The molecule has 3 aliphatic rings. The van der Waals surface area contributed by atoms with Crippen molar-refractivity contribution in [1.29, 1.82) is 0 Å². The van der Waals surface area contributed by atoms with E-state index in [9.17, 15) is 18.4 Å². The van der Waals surface area contributed by atoms with Gasteiger partial charge in [-0.05, 0) is 75.5 Å². The van der Waals surface area contributed by atoms with Crippen LogP contribution in [0.4, 0.5) is 8.78 Å². The molecule has 0 unspecified atom stereocenters. The van der Waals surface area contributed by atoms with Gasteiger partial charge in [-0.15, -0.1) is 0 Å². The maximum Gasteiger partial charge on any atom is 0.387 e. The first kappa shape index (κ1) is 26.4. The molecule has 3 fully saturated rings. The number of nitrogens with one attached hydrogen (secondary N) is 1. The number of likely N-dealkylation sites (tertiary alicyclic amines) is 1. The second-order valence-electron chi connectivity index (χ2n) is 10.6. The van der Waals surface area contributed by atoms with E-state index in [1.807, 2.05) is 4.90 Å². The Hall–Kier alpha value is -3.21. The van der Waals surface area contributed by atoms with Gasteiger partial charge in [0.15, 0.2) is 23.0 Å². The van der Waals surface area contributed by atoms with Gasteiger partial charge in [-0.3, -0.25) is 9.59 Å². The molecular weight excluding hydrogens is 498 g/mol. The average Bonchev–Trinajstić information content (AvgIpc) is 3.84. The first-order chi connectivity index (χ1) is 18.3. The molecule has 0 bridgehead atoms. The highest BCUT2D eigenvalue weighted by Crippen LogP contribution is 2.37. The van der Waals surface area contributed by atoms with Crippen LogP contribution in [0.3, 0.4) is 0 Å². The zero-order valence-electron chi connectivity index (χ0n) is 21.5. The molecule has 2 amide bonds. The Morgan fingerprint density at radius 1 is 1.13 bits per heavy atom. The molecule has 1 aromatic carbocycles. The lowest BCUT2D eigenvalue weighted by molar-refractivity contribution is -0.133. The Balaban J connectivity index is 1.25. The van der Waals surface area contributed by atoms with Crippen molar-refractivity contribution in [3.8, 4) is 23.0 Å². The molecule has 0 spiro atoms. The van der Waals surface area contributed by atoms with Gasteiger partial charge in [0, 0.05) is 31.1 Å². The van der Waals surface area contributed by atoms with Gasteiger partial charge in [0.2, 0.25) is 11.8 Å². The molecule has 0 radical (unpaired) electrons. The number of hydrogen-bond donors (Lipinski definition) is 2. The van der Waals surface area contributed by atoms with Crippen LogP contribution in [0, 0.1) is 17.8 Å². The number of carbonyl (C=O) groups excluding carboxylic acids is 2. The highest BCUT2D eigenvalue weighted by molar-refractivity contribution is 5.94. The zero-order valence-corrected chi connectivity index (χ0v) is 21.5. The molecule has 1 saturated heterocycles. The van der Waals surface area contributed by atoms with Crippen molar-refractivity contribution in [3.05, 3.63) is 29.7 Å². The molecule has 38 heavy (non-hydrogen) atoms. The van der Waals surface area contributed by atoms with Gasteiger partial charge in [0.05, 0.1) is 12.6 Å². The van der Waals surface area contributed by atoms with Crippen molar-refractivity contribution in [1.82, 2.24) is 15.2 Å². The van der Waals surface area contributed by atoms with Crippen LogP contribution < -0.4 is 20.5 Å². The first-order valence-electron chi connectivity index (χ1n) is 13.3. The maximum absolute atomic E-state index is 13.1. The van der Waals surface area contributed by atoms with Crippen molar-refractivity contribution < 1.29 is 32.3 Å². The van der Waals surface area contributed by atoms with E-state index in [-0.39, 0.29) is 46.6 Å². The minimum atomic E-state index is -2.99. The fourth-order valence-corrected chi connectivity index (χ4v) is 4.63. The number of rotatable bonds is 11. The molecule has 2 aliphatic carbocycles. The monoisotopic (exact) mass is 532 g/mol. The van der Waals surface area contributed by atoms with Crippen molar-refractivity contribution >= 4 is 11.8 Å². The molecule has 1 atom stereocenters. The summed E-state index contributed by atoms with van der Waals surface area (Å²) in [5, 5.41) is 2.94. The lowest BCUT2D eigenvalue weighted by atomic mass is 9.96. The molecule has 1 aromatic heterocycles. The number of nitrogens with two attached hydrogens (primary N) is 1. The van der Waals surface area contributed by atoms with Gasteiger partial charge in [-0.2, -0.15) is 8.78 Å². The van der Waals surface area contributed by atoms with Crippen LogP contribution in [0.1, 0.15) is 67.7 Å². The number of amides is 2.